The number of nitrogens with one attached hydrogen (secondary N) is 1. The standard InChI is InChI=1S/C23H22N2O3S/c1-4-29(27,28)24-20-12-13-21-22-18(20)6-5-7-19(22)23(26)25(21)14-16-8-10-17(11-9-16)15(2)3/h4-13,15,24H,1,14H2,2-3H3. The molecule has 0 spiro atoms. The van der Waals surface area contributed by atoms with Crippen molar-refractivity contribution in [2.24, 2.45) is 0 Å². The van der Waals surface area contributed by atoms with Gasteiger partial charge in [-0.1, -0.05) is 56.8 Å². The zero-order chi connectivity index (χ0) is 20.8. The van der Waals surface area contributed by atoms with E-state index >= 15 is 0 Å². The maximum atomic E-state index is 13.1. The maximum absolute atomic E-state index is 13.1. The Morgan fingerprint density at radius 2 is 1.79 bits per heavy atom. The molecule has 0 fully saturated rings. The highest BCUT2D eigenvalue weighted by Crippen LogP contribution is 2.41. The monoisotopic (exact) mass is 406 g/mol. The molecule has 0 unspecified atom stereocenters. The first-order valence-electron chi connectivity index (χ1n) is 9.42. The summed E-state index contributed by atoms with van der Waals surface area (Å²) >= 11 is 0. The van der Waals surface area contributed by atoms with Crippen molar-refractivity contribution in [2.75, 3.05) is 9.62 Å². The first kappa shape index (κ1) is 19.2. The topological polar surface area (TPSA) is 66.5 Å². The molecule has 1 aliphatic rings. The molecular weight excluding hydrogens is 384 g/mol. The molecule has 0 aliphatic carbocycles. The number of hydrogen-bond acceptors (Lipinski definition) is 3. The number of amides is 1. The van der Waals surface area contributed by atoms with Crippen LogP contribution in [0.5, 0.6) is 0 Å². The highest BCUT2D eigenvalue weighted by Gasteiger charge is 2.30. The quantitative estimate of drug-likeness (QED) is 0.626. The van der Waals surface area contributed by atoms with Crippen LogP contribution in [0, 0.1) is 0 Å². The minimum absolute atomic E-state index is 0.0812. The minimum Gasteiger partial charge on any atom is -0.303 e. The average molecular weight is 407 g/mol. The lowest BCUT2D eigenvalue weighted by molar-refractivity contribution is 0.0991. The number of benzene rings is 3. The van der Waals surface area contributed by atoms with Crippen LogP contribution in [0.25, 0.3) is 10.8 Å². The molecule has 4 rings (SSSR count). The molecule has 5 nitrogen and oxygen atoms in total. The SMILES string of the molecule is C=CS(=O)(=O)Nc1ccc2c3c(cccc13)C(=O)N2Cc1ccc(C(C)C)cc1. The highest BCUT2D eigenvalue weighted by atomic mass is 32.2. The van der Waals surface area contributed by atoms with Gasteiger partial charge in [0.2, 0.25) is 0 Å². The van der Waals surface area contributed by atoms with Crippen molar-refractivity contribution in [2.45, 2.75) is 26.3 Å². The lowest BCUT2D eigenvalue weighted by atomic mass is 10.0. The van der Waals surface area contributed by atoms with Crippen LogP contribution in [0.3, 0.4) is 0 Å². The molecule has 0 bridgehead atoms. The van der Waals surface area contributed by atoms with Gasteiger partial charge in [-0.2, -0.15) is 0 Å². The number of carbonyl (C=O) groups excluding carboxylic acids is 1. The van der Waals surface area contributed by atoms with Crippen LogP contribution in [-0.2, 0) is 16.6 Å². The van der Waals surface area contributed by atoms with Gasteiger partial charge in [-0.05, 0) is 35.2 Å². The Bertz CT molecular complexity index is 1230. The van der Waals surface area contributed by atoms with E-state index in [1.54, 1.807) is 29.2 Å². The van der Waals surface area contributed by atoms with Crippen LogP contribution in [-0.4, -0.2) is 14.3 Å². The summed E-state index contributed by atoms with van der Waals surface area (Å²) < 4.78 is 26.4. The molecule has 6 heteroatoms. The molecular formula is C23H22N2O3S. The van der Waals surface area contributed by atoms with Crippen molar-refractivity contribution >= 4 is 38.1 Å². The fraction of sp³-hybridized carbons (Fsp3) is 0.174. The highest BCUT2D eigenvalue weighted by molar-refractivity contribution is 7.95. The van der Waals surface area contributed by atoms with Crippen molar-refractivity contribution in [3.8, 4) is 0 Å². The number of anilines is 2. The van der Waals surface area contributed by atoms with Crippen LogP contribution in [0.4, 0.5) is 11.4 Å². The number of rotatable bonds is 6. The van der Waals surface area contributed by atoms with Crippen molar-refractivity contribution < 1.29 is 13.2 Å². The molecule has 1 heterocycles. The first-order chi connectivity index (χ1) is 13.8. The van der Waals surface area contributed by atoms with Gasteiger partial charge in [0.05, 0.1) is 17.9 Å². The largest absolute Gasteiger partial charge is 0.303 e. The van der Waals surface area contributed by atoms with E-state index in [2.05, 4.69) is 49.4 Å². The normalized spacial score (nSPS) is 13.3. The lowest BCUT2D eigenvalue weighted by Crippen LogP contribution is -2.26. The van der Waals surface area contributed by atoms with Crippen LogP contribution in [0.2, 0.25) is 0 Å². The Kier molecular flexibility index (Phi) is 4.67. The summed E-state index contributed by atoms with van der Waals surface area (Å²) in [7, 11) is -3.64. The van der Waals surface area contributed by atoms with Crippen LogP contribution < -0.4 is 9.62 Å². The van der Waals surface area contributed by atoms with Gasteiger partial charge in [0.15, 0.2) is 0 Å². The predicted molar refractivity (Wildman–Crippen MR) is 118 cm³/mol. The number of sulfonamides is 1. The van der Waals surface area contributed by atoms with E-state index in [9.17, 15) is 13.2 Å². The summed E-state index contributed by atoms with van der Waals surface area (Å²) in [6, 6.07) is 17.1. The second-order valence-corrected chi connectivity index (χ2v) is 9.09. The van der Waals surface area contributed by atoms with E-state index in [1.807, 2.05) is 6.07 Å². The van der Waals surface area contributed by atoms with Crippen LogP contribution in [0.1, 0.15) is 41.3 Å². The van der Waals surface area contributed by atoms with Crippen molar-refractivity contribution in [3.05, 3.63) is 83.3 Å². The Morgan fingerprint density at radius 1 is 1.07 bits per heavy atom. The van der Waals surface area contributed by atoms with Crippen molar-refractivity contribution in [3.63, 3.8) is 0 Å². The zero-order valence-corrected chi connectivity index (χ0v) is 17.2. The number of nitrogens with zero attached hydrogens (tertiary/aromatic N) is 1. The summed E-state index contributed by atoms with van der Waals surface area (Å²) in [5, 5.41) is 2.33. The third-order valence-corrected chi connectivity index (χ3v) is 6.19. The summed E-state index contributed by atoms with van der Waals surface area (Å²) in [5.41, 5.74) is 4.10. The molecule has 148 valence electrons. The smallest absolute Gasteiger partial charge is 0.259 e. The van der Waals surface area contributed by atoms with Gasteiger partial charge in [-0.25, -0.2) is 8.42 Å². The fourth-order valence-corrected chi connectivity index (χ4v) is 4.25. The lowest BCUT2D eigenvalue weighted by Gasteiger charge is -2.19. The Labute approximate surface area is 170 Å². The van der Waals surface area contributed by atoms with Gasteiger partial charge in [0.25, 0.3) is 15.9 Å². The van der Waals surface area contributed by atoms with Gasteiger partial charge in [0.1, 0.15) is 0 Å². The third-order valence-electron chi connectivity index (χ3n) is 5.24. The molecule has 1 aliphatic heterocycles. The molecule has 0 saturated heterocycles. The fourth-order valence-electron chi connectivity index (χ4n) is 3.68. The van der Waals surface area contributed by atoms with Crippen molar-refractivity contribution in [1.29, 1.82) is 0 Å². The summed E-state index contributed by atoms with van der Waals surface area (Å²) in [6.07, 6.45) is 0. The van der Waals surface area contributed by atoms with Gasteiger partial charge < -0.3 is 4.90 Å². The van der Waals surface area contributed by atoms with Crippen LogP contribution >= 0.6 is 0 Å². The second kappa shape index (κ2) is 7.04. The maximum Gasteiger partial charge on any atom is 0.259 e. The first-order valence-corrected chi connectivity index (χ1v) is 11.0. The summed E-state index contributed by atoms with van der Waals surface area (Å²) in [5.74, 6) is 0.371. The zero-order valence-electron chi connectivity index (χ0n) is 16.3. The molecule has 0 radical (unpaired) electrons. The molecule has 1 amide bonds. The number of hydrogen-bond donors (Lipinski definition) is 1. The average Bonchev–Trinajstić information content (AvgIpc) is 2.97. The molecule has 0 atom stereocenters. The molecule has 0 aromatic heterocycles. The minimum atomic E-state index is -3.64. The van der Waals surface area contributed by atoms with Gasteiger partial charge in [0, 0.05) is 21.7 Å². The Balaban J connectivity index is 1.75. The molecule has 3 aromatic rings. The Hall–Kier alpha value is -3.12. The summed E-state index contributed by atoms with van der Waals surface area (Å²) in [4.78, 5) is 14.8. The van der Waals surface area contributed by atoms with E-state index in [-0.39, 0.29) is 5.91 Å². The van der Waals surface area contributed by atoms with Gasteiger partial charge in [-0.3, -0.25) is 9.52 Å². The molecule has 1 N–H and O–H groups in total. The van der Waals surface area contributed by atoms with Crippen LogP contribution in [0.15, 0.2) is 66.6 Å². The predicted octanol–water partition coefficient (Wildman–Crippen LogP) is 5.01. The van der Waals surface area contributed by atoms with E-state index in [0.717, 1.165) is 22.0 Å². The second-order valence-electron chi connectivity index (χ2n) is 7.46. The van der Waals surface area contributed by atoms with Gasteiger partial charge in [-0.15, -0.1) is 0 Å². The van der Waals surface area contributed by atoms with E-state index in [4.69, 9.17) is 0 Å². The summed E-state index contributed by atoms with van der Waals surface area (Å²) in [6.45, 7) is 8.08. The van der Waals surface area contributed by atoms with Gasteiger partial charge >= 0.3 is 0 Å². The van der Waals surface area contributed by atoms with E-state index in [1.165, 1.54) is 5.56 Å². The number of carbonyl (C=O) groups is 1. The van der Waals surface area contributed by atoms with Crippen molar-refractivity contribution in [1.82, 2.24) is 0 Å². The molecule has 0 saturated carbocycles. The molecule has 3 aromatic carbocycles. The van der Waals surface area contributed by atoms with E-state index in [0.29, 0.717) is 29.1 Å². The molecule has 29 heavy (non-hydrogen) atoms. The Morgan fingerprint density at radius 3 is 2.45 bits per heavy atom. The third kappa shape index (κ3) is 3.40. The van der Waals surface area contributed by atoms with E-state index < -0.39 is 10.0 Å².